The quantitative estimate of drug-likeness (QED) is 0.732. The Balaban J connectivity index is 2.45. The predicted octanol–water partition coefficient (Wildman–Crippen LogP) is 0.647. The van der Waals surface area contributed by atoms with Gasteiger partial charge in [-0.3, -0.25) is 9.25 Å². The summed E-state index contributed by atoms with van der Waals surface area (Å²) in [5.74, 6) is 1.66. The molecule has 0 bridgehead atoms. The van der Waals surface area contributed by atoms with Gasteiger partial charge < -0.3 is 5.32 Å². The molecule has 68 valence electrons. The van der Waals surface area contributed by atoms with E-state index in [4.69, 9.17) is 0 Å². The maximum atomic E-state index is 4.26. The molecule has 1 N–H and O–H groups in total. The molecule has 2 aromatic heterocycles. The van der Waals surface area contributed by atoms with Crippen LogP contribution in [0.3, 0.4) is 0 Å². The summed E-state index contributed by atoms with van der Waals surface area (Å²) in [6, 6.07) is 1.93. The van der Waals surface area contributed by atoms with E-state index < -0.39 is 0 Å². The molecule has 0 saturated carbocycles. The molecule has 0 radical (unpaired) electrons. The first-order valence-electron chi connectivity index (χ1n) is 4.02. The van der Waals surface area contributed by atoms with E-state index in [-0.39, 0.29) is 0 Å². The van der Waals surface area contributed by atoms with E-state index in [2.05, 4.69) is 15.4 Å². The van der Waals surface area contributed by atoms with Crippen molar-refractivity contribution in [3.05, 3.63) is 24.7 Å². The number of hydrogen-bond donors (Lipinski definition) is 1. The van der Waals surface area contributed by atoms with Crippen molar-refractivity contribution in [2.45, 2.75) is 0 Å². The molecule has 0 unspecified atom stereocenters. The Morgan fingerprint density at radius 3 is 2.85 bits per heavy atom. The highest BCUT2D eigenvalue weighted by molar-refractivity contribution is 5.35. The third-order valence-electron chi connectivity index (χ3n) is 1.81. The minimum absolute atomic E-state index is 0.790. The Kier molecular flexibility index (Phi) is 1.77. The molecule has 0 aromatic carbocycles. The summed E-state index contributed by atoms with van der Waals surface area (Å²) in [6.45, 7) is 0. The van der Waals surface area contributed by atoms with Crippen molar-refractivity contribution in [1.82, 2.24) is 19.3 Å². The van der Waals surface area contributed by atoms with E-state index in [1.165, 1.54) is 0 Å². The Bertz CT molecular complexity index is 400. The summed E-state index contributed by atoms with van der Waals surface area (Å²) in [6.07, 6.45) is 5.50. The van der Waals surface area contributed by atoms with Crippen LogP contribution in [0.2, 0.25) is 0 Å². The molecule has 0 fully saturated rings. The number of aryl methyl sites for hydroxylation is 1. The predicted molar refractivity (Wildman–Crippen MR) is 49.9 cm³/mol. The largest absolute Gasteiger partial charge is 0.358 e. The summed E-state index contributed by atoms with van der Waals surface area (Å²) in [5, 5.41) is 7.25. The number of anilines is 1. The Hall–Kier alpha value is -1.78. The molecule has 0 aliphatic rings. The van der Waals surface area contributed by atoms with Crippen molar-refractivity contribution in [3.8, 4) is 5.82 Å². The summed E-state index contributed by atoms with van der Waals surface area (Å²) in [7, 11) is 3.72. The van der Waals surface area contributed by atoms with Crippen molar-refractivity contribution in [2.24, 2.45) is 7.05 Å². The fraction of sp³-hybridized carbons (Fsp3) is 0.250. The zero-order valence-electron chi connectivity index (χ0n) is 7.60. The molecule has 0 aliphatic heterocycles. The third kappa shape index (κ3) is 1.28. The Morgan fingerprint density at radius 2 is 2.23 bits per heavy atom. The fourth-order valence-corrected chi connectivity index (χ4v) is 1.20. The van der Waals surface area contributed by atoms with Crippen LogP contribution in [0.4, 0.5) is 5.95 Å². The van der Waals surface area contributed by atoms with E-state index >= 15 is 0 Å². The SMILES string of the molecule is CNc1nccn1-c1ccn(C)n1. The summed E-state index contributed by atoms with van der Waals surface area (Å²) >= 11 is 0. The normalized spacial score (nSPS) is 10.3. The fourth-order valence-electron chi connectivity index (χ4n) is 1.20. The highest BCUT2D eigenvalue weighted by Gasteiger charge is 2.04. The smallest absolute Gasteiger partial charge is 0.208 e. The zero-order chi connectivity index (χ0) is 9.26. The zero-order valence-corrected chi connectivity index (χ0v) is 7.60. The number of nitrogens with one attached hydrogen (secondary N) is 1. The number of imidazole rings is 1. The lowest BCUT2D eigenvalue weighted by Gasteiger charge is -2.01. The molecule has 0 atom stereocenters. The van der Waals surface area contributed by atoms with Crippen molar-refractivity contribution in [3.63, 3.8) is 0 Å². The van der Waals surface area contributed by atoms with Gasteiger partial charge in [0.1, 0.15) is 0 Å². The van der Waals surface area contributed by atoms with E-state index in [1.54, 1.807) is 10.9 Å². The average molecular weight is 177 g/mol. The van der Waals surface area contributed by atoms with Gasteiger partial charge in [0.2, 0.25) is 5.95 Å². The van der Waals surface area contributed by atoms with Crippen LogP contribution in [0, 0.1) is 0 Å². The standard InChI is InChI=1S/C8H11N5/c1-9-8-10-4-6-13(8)7-3-5-12(2)11-7/h3-6H,1-2H3,(H,9,10). The van der Waals surface area contributed by atoms with Crippen LogP contribution >= 0.6 is 0 Å². The molecule has 2 aromatic rings. The summed E-state index contributed by atoms with van der Waals surface area (Å²) in [4.78, 5) is 4.12. The van der Waals surface area contributed by atoms with Crippen LogP contribution in [0.5, 0.6) is 0 Å². The lowest BCUT2D eigenvalue weighted by molar-refractivity contribution is 0.752. The number of aromatic nitrogens is 4. The molecule has 2 heterocycles. The topological polar surface area (TPSA) is 47.7 Å². The first kappa shape index (κ1) is 7.85. The number of rotatable bonds is 2. The van der Waals surface area contributed by atoms with Crippen LogP contribution in [-0.4, -0.2) is 26.4 Å². The van der Waals surface area contributed by atoms with Crippen LogP contribution in [-0.2, 0) is 7.05 Å². The van der Waals surface area contributed by atoms with Crippen LogP contribution in [0.25, 0.3) is 5.82 Å². The van der Waals surface area contributed by atoms with Gasteiger partial charge in [0.15, 0.2) is 5.82 Å². The van der Waals surface area contributed by atoms with Crippen LogP contribution in [0.15, 0.2) is 24.7 Å². The van der Waals surface area contributed by atoms with E-state index in [1.807, 2.05) is 37.1 Å². The maximum absolute atomic E-state index is 4.26. The van der Waals surface area contributed by atoms with E-state index in [9.17, 15) is 0 Å². The lowest BCUT2D eigenvalue weighted by Crippen LogP contribution is -2.01. The number of hydrogen-bond acceptors (Lipinski definition) is 3. The third-order valence-corrected chi connectivity index (χ3v) is 1.81. The minimum Gasteiger partial charge on any atom is -0.358 e. The molecule has 5 heteroatoms. The average Bonchev–Trinajstić information content (AvgIpc) is 2.71. The second kappa shape index (κ2) is 2.93. The van der Waals surface area contributed by atoms with Crippen molar-refractivity contribution in [2.75, 3.05) is 12.4 Å². The summed E-state index contributed by atoms with van der Waals surface area (Å²) in [5.41, 5.74) is 0. The van der Waals surface area contributed by atoms with Crippen molar-refractivity contribution < 1.29 is 0 Å². The van der Waals surface area contributed by atoms with Gasteiger partial charge in [-0.05, 0) is 0 Å². The molecule has 5 nitrogen and oxygen atoms in total. The summed E-state index contributed by atoms with van der Waals surface area (Å²) < 4.78 is 3.65. The van der Waals surface area contributed by atoms with Crippen molar-refractivity contribution >= 4 is 5.95 Å². The second-order valence-corrected chi connectivity index (χ2v) is 2.72. The second-order valence-electron chi connectivity index (χ2n) is 2.72. The minimum atomic E-state index is 0.790. The molecule has 2 rings (SSSR count). The van der Waals surface area contributed by atoms with Gasteiger partial charge in [-0.25, -0.2) is 4.98 Å². The van der Waals surface area contributed by atoms with Crippen LogP contribution < -0.4 is 5.32 Å². The molecule has 0 spiro atoms. The van der Waals surface area contributed by atoms with Gasteiger partial charge in [-0.2, -0.15) is 5.10 Å². The van der Waals surface area contributed by atoms with Crippen molar-refractivity contribution in [1.29, 1.82) is 0 Å². The van der Waals surface area contributed by atoms with Gasteiger partial charge in [-0.1, -0.05) is 0 Å². The maximum Gasteiger partial charge on any atom is 0.208 e. The molecular formula is C8H11N5. The Labute approximate surface area is 76.0 Å². The molecular weight excluding hydrogens is 166 g/mol. The van der Waals surface area contributed by atoms with Gasteiger partial charge in [0.25, 0.3) is 0 Å². The van der Waals surface area contributed by atoms with Gasteiger partial charge >= 0.3 is 0 Å². The Morgan fingerprint density at radius 1 is 1.38 bits per heavy atom. The molecule has 0 amide bonds. The molecule has 0 aliphatic carbocycles. The highest BCUT2D eigenvalue weighted by atomic mass is 15.3. The molecule has 0 saturated heterocycles. The van der Waals surface area contributed by atoms with Gasteiger partial charge in [0, 0.05) is 38.8 Å². The first-order chi connectivity index (χ1) is 6.31. The first-order valence-corrected chi connectivity index (χ1v) is 4.02. The van der Waals surface area contributed by atoms with Gasteiger partial charge in [0.05, 0.1) is 0 Å². The molecule has 13 heavy (non-hydrogen) atoms. The van der Waals surface area contributed by atoms with Crippen LogP contribution in [0.1, 0.15) is 0 Å². The van der Waals surface area contributed by atoms with E-state index in [0.29, 0.717) is 0 Å². The lowest BCUT2D eigenvalue weighted by atomic mass is 10.6. The van der Waals surface area contributed by atoms with E-state index in [0.717, 1.165) is 11.8 Å². The van der Waals surface area contributed by atoms with Gasteiger partial charge in [-0.15, -0.1) is 0 Å². The highest BCUT2D eigenvalue weighted by Crippen LogP contribution is 2.10. The monoisotopic (exact) mass is 177 g/mol. The number of nitrogens with zero attached hydrogens (tertiary/aromatic N) is 4.